The zero-order valence-corrected chi connectivity index (χ0v) is 13.4. The Hall–Kier alpha value is -1.32. The van der Waals surface area contributed by atoms with E-state index in [0.717, 1.165) is 0 Å². The van der Waals surface area contributed by atoms with E-state index in [1.165, 1.54) is 22.5 Å². The number of hydrogen-bond donors (Lipinski definition) is 1. The fraction of sp³-hybridized carbons (Fsp3) is 0.500. The molecule has 116 valence electrons. The summed E-state index contributed by atoms with van der Waals surface area (Å²) in [5, 5.41) is 13.9. The van der Waals surface area contributed by atoms with Gasteiger partial charge in [0.25, 0.3) is 5.69 Å². The van der Waals surface area contributed by atoms with Crippen LogP contribution >= 0.6 is 11.8 Å². The van der Waals surface area contributed by atoms with Crippen LogP contribution in [-0.2, 0) is 10.0 Å². The molecule has 1 atom stereocenters. The van der Waals surface area contributed by atoms with E-state index in [0.29, 0.717) is 23.7 Å². The van der Waals surface area contributed by atoms with E-state index in [1.807, 2.05) is 6.92 Å². The maximum absolute atomic E-state index is 12.8. The summed E-state index contributed by atoms with van der Waals surface area (Å²) >= 11 is 1.68. The van der Waals surface area contributed by atoms with Gasteiger partial charge in [0.05, 0.1) is 4.92 Å². The van der Waals surface area contributed by atoms with Crippen LogP contribution in [-0.4, -0.2) is 48.8 Å². The molecule has 1 heterocycles. The van der Waals surface area contributed by atoms with Gasteiger partial charge < -0.3 is 5.32 Å². The SMILES string of the molecule is CNc1ccc([N+](=O)[O-])c(S(=O)(=O)N2CCSCC2C)c1. The van der Waals surface area contributed by atoms with E-state index in [4.69, 9.17) is 0 Å². The highest BCUT2D eigenvalue weighted by Gasteiger charge is 2.36. The van der Waals surface area contributed by atoms with Gasteiger partial charge in [0.2, 0.25) is 10.0 Å². The molecule has 1 aliphatic heterocycles. The molecule has 2 rings (SSSR count). The predicted molar refractivity (Wildman–Crippen MR) is 83.3 cm³/mol. The van der Waals surface area contributed by atoms with Crippen LogP contribution in [0, 0.1) is 10.1 Å². The topological polar surface area (TPSA) is 92.5 Å². The first kappa shape index (κ1) is 16.1. The smallest absolute Gasteiger partial charge is 0.289 e. The third-order valence-electron chi connectivity index (χ3n) is 3.34. The lowest BCUT2D eigenvalue weighted by atomic mass is 10.3. The van der Waals surface area contributed by atoms with Gasteiger partial charge in [-0.15, -0.1) is 0 Å². The van der Waals surface area contributed by atoms with Crippen LogP contribution in [0.2, 0.25) is 0 Å². The predicted octanol–water partition coefficient (Wildman–Crippen LogP) is 1.76. The first-order chi connectivity index (χ1) is 9.87. The van der Waals surface area contributed by atoms with Gasteiger partial charge in [-0.3, -0.25) is 10.1 Å². The lowest BCUT2D eigenvalue weighted by Gasteiger charge is -2.31. The minimum Gasteiger partial charge on any atom is -0.388 e. The molecule has 1 aromatic rings. The summed E-state index contributed by atoms with van der Waals surface area (Å²) < 4.78 is 26.9. The molecule has 1 aromatic carbocycles. The Bertz CT molecular complexity index is 648. The Kier molecular flexibility index (Phi) is 4.74. The second-order valence-electron chi connectivity index (χ2n) is 4.73. The van der Waals surface area contributed by atoms with Crippen molar-refractivity contribution >= 4 is 33.2 Å². The molecule has 1 N–H and O–H groups in total. The van der Waals surface area contributed by atoms with Crippen molar-refractivity contribution in [1.29, 1.82) is 0 Å². The molecule has 1 fully saturated rings. The number of anilines is 1. The fourth-order valence-electron chi connectivity index (χ4n) is 2.22. The van der Waals surface area contributed by atoms with E-state index in [-0.39, 0.29) is 16.6 Å². The van der Waals surface area contributed by atoms with Crippen LogP contribution in [0.15, 0.2) is 23.1 Å². The van der Waals surface area contributed by atoms with Gasteiger partial charge in [0, 0.05) is 42.9 Å². The molecule has 0 spiro atoms. The molecule has 21 heavy (non-hydrogen) atoms. The van der Waals surface area contributed by atoms with E-state index in [1.54, 1.807) is 18.8 Å². The van der Waals surface area contributed by atoms with Crippen molar-refractivity contribution < 1.29 is 13.3 Å². The van der Waals surface area contributed by atoms with Crippen LogP contribution in [0.4, 0.5) is 11.4 Å². The Morgan fingerprint density at radius 1 is 1.48 bits per heavy atom. The summed E-state index contributed by atoms with van der Waals surface area (Å²) in [7, 11) is -2.24. The van der Waals surface area contributed by atoms with Crippen molar-refractivity contribution in [2.45, 2.75) is 17.9 Å². The highest BCUT2D eigenvalue weighted by Crippen LogP contribution is 2.32. The number of sulfonamides is 1. The Labute approximate surface area is 127 Å². The van der Waals surface area contributed by atoms with E-state index in [2.05, 4.69) is 5.32 Å². The second-order valence-corrected chi connectivity index (χ2v) is 7.74. The van der Waals surface area contributed by atoms with E-state index in [9.17, 15) is 18.5 Å². The second kappa shape index (κ2) is 6.20. The summed E-state index contributed by atoms with van der Waals surface area (Å²) in [4.78, 5) is 10.2. The van der Waals surface area contributed by atoms with Gasteiger partial charge in [-0.2, -0.15) is 16.1 Å². The maximum atomic E-state index is 12.8. The molecule has 1 aliphatic rings. The number of nitro groups is 1. The number of hydrogen-bond acceptors (Lipinski definition) is 6. The zero-order chi connectivity index (χ0) is 15.6. The van der Waals surface area contributed by atoms with Gasteiger partial charge in [0.1, 0.15) is 0 Å². The largest absolute Gasteiger partial charge is 0.388 e. The summed E-state index contributed by atoms with van der Waals surface area (Å²) in [5.74, 6) is 1.39. The average Bonchev–Trinajstić information content (AvgIpc) is 2.46. The van der Waals surface area contributed by atoms with Gasteiger partial charge >= 0.3 is 0 Å². The third kappa shape index (κ3) is 3.14. The van der Waals surface area contributed by atoms with Gasteiger partial charge in [0.15, 0.2) is 4.90 Å². The lowest BCUT2D eigenvalue weighted by Crippen LogP contribution is -2.44. The molecule has 0 aromatic heterocycles. The number of nitrogens with zero attached hydrogens (tertiary/aromatic N) is 2. The molecule has 0 aliphatic carbocycles. The molecule has 0 bridgehead atoms. The van der Waals surface area contributed by atoms with Crippen LogP contribution in [0.25, 0.3) is 0 Å². The Balaban J connectivity index is 2.54. The molecule has 0 amide bonds. The van der Waals surface area contributed by atoms with Crippen molar-refractivity contribution in [3.8, 4) is 0 Å². The van der Waals surface area contributed by atoms with Gasteiger partial charge in [-0.1, -0.05) is 0 Å². The Morgan fingerprint density at radius 3 is 2.76 bits per heavy atom. The third-order valence-corrected chi connectivity index (χ3v) is 6.57. The summed E-state index contributed by atoms with van der Waals surface area (Å²) in [6.07, 6.45) is 0. The number of rotatable bonds is 4. The first-order valence-electron chi connectivity index (χ1n) is 6.43. The van der Waals surface area contributed by atoms with Crippen LogP contribution in [0.5, 0.6) is 0 Å². The number of benzene rings is 1. The normalized spacial score (nSPS) is 20.2. The first-order valence-corrected chi connectivity index (χ1v) is 9.03. The lowest BCUT2D eigenvalue weighted by molar-refractivity contribution is -0.387. The number of nitrogens with one attached hydrogen (secondary N) is 1. The zero-order valence-electron chi connectivity index (χ0n) is 11.8. The molecular formula is C12H17N3O4S2. The van der Waals surface area contributed by atoms with Gasteiger partial charge in [-0.25, -0.2) is 8.42 Å². The van der Waals surface area contributed by atoms with Crippen molar-refractivity contribution in [2.75, 3.05) is 30.4 Å². The molecule has 7 nitrogen and oxygen atoms in total. The minimum absolute atomic E-state index is 0.174. The highest BCUT2D eigenvalue weighted by atomic mass is 32.2. The van der Waals surface area contributed by atoms with Crippen LogP contribution in [0.3, 0.4) is 0 Å². The molecule has 0 radical (unpaired) electrons. The number of nitro benzene ring substituents is 1. The summed E-state index contributed by atoms with van der Waals surface area (Å²) in [6.45, 7) is 2.19. The van der Waals surface area contributed by atoms with Crippen molar-refractivity contribution in [3.05, 3.63) is 28.3 Å². The van der Waals surface area contributed by atoms with E-state index >= 15 is 0 Å². The van der Waals surface area contributed by atoms with Crippen LogP contribution < -0.4 is 5.32 Å². The van der Waals surface area contributed by atoms with E-state index < -0.39 is 14.9 Å². The maximum Gasteiger partial charge on any atom is 0.289 e. The quantitative estimate of drug-likeness (QED) is 0.667. The average molecular weight is 331 g/mol. The van der Waals surface area contributed by atoms with Gasteiger partial charge in [-0.05, 0) is 19.1 Å². The highest BCUT2D eigenvalue weighted by molar-refractivity contribution is 7.99. The molecule has 0 saturated carbocycles. The standard InChI is InChI=1S/C12H17N3O4S2/c1-9-8-20-6-5-14(9)21(18,19)12-7-10(13-2)3-4-11(12)15(16)17/h3-4,7,9,13H,5-6,8H2,1-2H3. The van der Waals surface area contributed by atoms with Crippen molar-refractivity contribution in [1.82, 2.24) is 4.31 Å². The molecule has 1 saturated heterocycles. The van der Waals surface area contributed by atoms with Crippen LogP contribution in [0.1, 0.15) is 6.92 Å². The minimum atomic E-state index is -3.88. The molecular weight excluding hydrogens is 314 g/mol. The van der Waals surface area contributed by atoms with Crippen molar-refractivity contribution in [3.63, 3.8) is 0 Å². The summed E-state index contributed by atoms with van der Waals surface area (Å²) in [6, 6.07) is 3.86. The van der Waals surface area contributed by atoms with Crippen molar-refractivity contribution in [2.24, 2.45) is 0 Å². The molecule has 1 unspecified atom stereocenters. The monoisotopic (exact) mass is 331 g/mol. The fourth-order valence-corrected chi connectivity index (χ4v) is 5.26. The summed E-state index contributed by atoms with van der Waals surface area (Å²) in [5.41, 5.74) is 0.137. The number of thioether (sulfide) groups is 1. The molecule has 9 heteroatoms. The Morgan fingerprint density at radius 2 is 2.19 bits per heavy atom.